The third kappa shape index (κ3) is 6.30. The Bertz CT molecular complexity index is 1560. The molecule has 0 spiro atoms. The third-order valence-electron chi connectivity index (χ3n) is 6.97. The fourth-order valence-corrected chi connectivity index (χ4v) is 4.71. The molecule has 3 aromatic carbocycles. The van der Waals surface area contributed by atoms with Gasteiger partial charge in [0.25, 0.3) is 5.91 Å². The van der Waals surface area contributed by atoms with Gasteiger partial charge < -0.3 is 14.6 Å². The number of aliphatic hydroxyl groups excluding tert-OH is 1. The second-order valence-electron chi connectivity index (χ2n) is 9.91. The molecule has 1 saturated carbocycles. The zero-order chi connectivity index (χ0) is 29.4. The molecule has 13 nitrogen and oxygen atoms in total. The average Bonchev–Trinajstić information content (AvgIpc) is 3.77. The quantitative estimate of drug-likeness (QED) is 0.0793. The molecule has 13 heteroatoms. The van der Waals surface area contributed by atoms with Crippen molar-refractivity contribution >= 4 is 23.2 Å². The lowest BCUT2D eigenvalue weighted by atomic mass is 9.81. The number of hydrazine groups is 1. The largest absolute Gasteiger partial charge is 0.494 e. The highest BCUT2D eigenvalue weighted by Crippen LogP contribution is 2.46. The molecule has 0 aromatic heterocycles. The monoisotopic (exact) mass is 567 g/mol. The number of rotatable bonds is 13. The van der Waals surface area contributed by atoms with Gasteiger partial charge in [-0.2, -0.15) is 0 Å². The molecule has 42 heavy (non-hydrogen) atoms. The first-order valence-corrected chi connectivity index (χ1v) is 13.5. The Morgan fingerprint density at radius 3 is 2.43 bits per heavy atom. The van der Waals surface area contributed by atoms with Crippen LogP contribution in [-0.4, -0.2) is 41.7 Å². The van der Waals surface area contributed by atoms with E-state index in [9.17, 15) is 15.9 Å². The summed E-state index contributed by atoms with van der Waals surface area (Å²) in [7, 11) is 0. The van der Waals surface area contributed by atoms with Crippen molar-refractivity contribution in [3.05, 3.63) is 110 Å². The predicted molar refractivity (Wildman–Crippen MR) is 155 cm³/mol. The molecule has 214 valence electrons. The number of aliphatic imine (C=N–C) groups is 1. The number of aliphatic hydroxyl groups is 1. The maximum Gasteiger partial charge on any atom is 0.266 e. The van der Waals surface area contributed by atoms with Crippen LogP contribution in [0.15, 0.2) is 88.0 Å². The summed E-state index contributed by atoms with van der Waals surface area (Å²) in [6.45, 7) is 0.400. The van der Waals surface area contributed by atoms with Gasteiger partial charge >= 0.3 is 0 Å². The molecule has 3 N–H and O–H groups in total. The van der Waals surface area contributed by atoms with Gasteiger partial charge in [0.05, 0.1) is 6.61 Å². The number of amides is 1. The molecule has 2 atom stereocenters. The maximum absolute atomic E-state index is 14.2. The number of hydrogen-bond donors (Lipinski definition) is 3. The van der Waals surface area contributed by atoms with Crippen molar-refractivity contribution in [2.24, 2.45) is 15.2 Å². The summed E-state index contributed by atoms with van der Waals surface area (Å²) in [6, 6.07) is 21.1. The van der Waals surface area contributed by atoms with Gasteiger partial charge in [0.15, 0.2) is 11.6 Å². The minimum absolute atomic E-state index is 0.0154. The van der Waals surface area contributed by atoms with Crippen LogP contribution in [0.3, 0.4) is 0 Å². The molecule has 1 amide bonds. The number of ether oxygens (including phenoxy) is 2. The number of hydrogen-bond acceptors (Lipinski definition) is 8. The van der Waals surface area contributed by atoms with E-state index in [0.29, 0.717) is 46.8 Å². The first kappa shape index (κ1) is 28.5. The zero-order valence-corrected chi connectivity index (χ0v) is 22.6. The van der Waals surface area contributed by atoms with Gasteiger partial charge in [0, 0.05) is 57.8 Å². The van der Waals surface area contributed by atoms with Gasteiger partial charge in [-0.3, -0.25) is 10.2 Å². The highest BCUT2D eigenvalue weighted by Gasteiger charge is 2.54. The van der Waals surface area contributed by atoms with Crippen LogP contribution in [0.25, 0.3) is 20.9 Å². The Balaban J connectivity index is 1.62. The van der Waals surface area contributed by atoms with Gasteiger partial charge in [-0.1, -0.05) is 58.8 Å². The second-order valence-corrected chi connectivity index (χ2v) is 9.91. The molecule has 5 rings (SSSR count). The first-order valence-electron chi connectivity index (χ1n) is 13.5. The van der Waals surface area contributed by atoms with Gasteiger partial charge in [-0.15, -0.1) is 0 Å². The molecule has 0 unspecified atom stereocenters. The van der Waals surface area contributed by atoms with Crippen molar-refractivity contribution in [2.75, 3.05) is 13.2 Å². The first-order chi connectivity index (χ1) is 20.6. The van der Waals surface area contributed by atoms with Crippen LogP contribution in [0.4, 0.5) is 11.4 Å². The summed E-state index contributed by atoms with van der Waals surface area (Å²) >= 11 is 0. The predicted octanol–water partition coefficient (Wildman–Crippen LogP) is 5.61. The van der Waals surface area contributed by atoms with Gasteiger partial charge in [-0.25, -0.2) is 10.4 Å². The Kier molecular flexibility index (Phi) is 8.86. The molecule has 3 aromatic rings. The number of carbonyl (C=O) groups is 1. The van der Waals surface area contributed by atoms with E-state index >= 15 is 0 Å². The number of nitrogens with zero attached hydrogens (tertiary/aromatic N) is 7. The number of benzene rings is 3. The van der Waals surface area contributed by atoms with Gasteiger partial charge in [-0.05, 0) is 53.7 Å². The summed E-state index contributed by atoms with van der Waals surface area (Å²) in [5, 5.41) is 16.7. The fourth-order valence-electron chi connectivity index (χ4n) is 4.71. The minimum Gasteiger partial charge on any atom is -0.494 e. The van der Waals surface area contributed by atoms with E-state index in [1.807, 2.05) is 0 Å². The standard InChI is InChI=1S/C29H29N9O4/c30-37-34-24-8-3-1-6-20(24)18-29(28(40)36-33-21-12-13-21)26(23-7-2-4-9-25(23)35-38-31)42-27(32-29)19-10-14-22(15-11-19)41-17-5-16-39/h1-4,6-11,14-15,21,26,33,39H,5,12-13,16-18H2,(H,36,40)/t26-,29-/m0/s1. The maximum atomic E-state index is 14.2. The van der Waals surface area contributed by atoms with E-state index in [2.05, 4.69) is 30.9 Å². The highest BCUT2D eigenvalue weighted by molar-refractivity contribution is 6.01. The van der Waals surface area contributed by atoms with Crippen LogP contribution in [0.5, 0.6) is 5.75 Å². The van der Waals surface area contributed by atoms with Crippen LogP contribution >= 0.6 is 0 Å². The van der Waals surface area contributed by atoms with E-state index in [1.54, 1.807) is 72.8 Å². The summed E-state index contributed by atoms with van der Waals surface area (Å²) in [6.07, 6.45) is 1.39. The molecular formula is C29H29N9O4. The molecule has 1 aliphatic heterocycles. The lowest BCUT2D eigenvalue weighted by Crippen LogP contribution is -2.54. The second kappa shape index (κ2) is 13.1. The summed E-state index contributed by atoms with van der Waals surface area (Å²) < 4.78 is 12.1. The van der Waals surface area contributed by atoms with Gasteiger partial charge in [0.1, 0.15) is 5.75 Å². The number of carbonyl (C=O) groups excluding carboxylic acids is 1. The van der Waals surface area contributed by atoms with Crippen molar-refractivity contribution in [1.29, 1.82) is 0 Å². The number of nitrogens with one attached hydrogen (secondary N) is 2. The van der Waals surface area contributed by atoms with Crippen molar-refractivity contribution < 1.29 is 19.4 Å². The van der Waals surface area contributed by atoms with E-state index in [-0.39, 0.29) is 25.0 Å². The molecule has 0 saturated heterocycles. The van der Waals surface area contributed by atoms with Crippen LogP contribution < -0.4 is 15.6 Å². The van der Waals surface area contributed by atoms with Crippen LogP contribution in [0.2, 0.25) is 0 Å². The molecule has 1 heterocycles. The highest BCUT2D eigenvalue weighted by atomic mass is 16.5. The molecule has 0 bridgehead atoms. The lowest BCUT2D eigenvalue weighted by Gasteiger charge is -2.31. The third-order valence-corrected chi connectivity index (χ3v) is 6.97. The van der Waals surface area contributed by atoms with E-state index < -0.39 is 17.6 Å². The van der Waals surface area contributed by atoms with Gasteiger partial charge in [0.2, 0.25) is 5.90 Å². The van der Waals surface area contributed by atoms with Crippen molar-refractivity contribution in [2.45, 2.75) is 43.4 Å². The Labute approximate surface area is 241 Å². The number of azide groups is 2. The average molecular weight is 568 g/mol. The minimum atomic E-state index is -1.59. The van der Waals surface area contributed by atoms with E-state index in [0.717, 1.165) is 12.8 Å². The zero-order valence-electron chi connectivity index (χ0n) is 22.6. The molecule has 2 aliphatic rings. The molecule has 0 radical (unpaired) electrons. The fraction of sp³-hybridized carbons (Fsp3) is 0.310. The van der Waals surface area contributed by atoms with Crippen LogP contribution in [0, 0.1) is 0 Å². The van der Waals surface area contributed by atoms with Crippen molar-refractivity contribution in [3.8, 4) is 5.75 Å². The van der Waals surface area contributed by atoms with E-state index in [1.165, 1.54) is 0 Å². The normalized spacial score (nSPS) is 19.1. The smallest absolute Gasteiger partial charge is 0.266 e. The lowest BCUT2D eigenvalue weighted by molar-refractivity contribution is -0.130. The van der Waals surface area contributed by atoms with Crippen molar-refractivity contribution in [3.63, 3.8) is 0 Å². The van der Waals surface area contributed by atoms with Crippen molar-refractivity contribution in [1.82, 2.24) is 10.9 Å². The van der Waals surface area contributed by atoms with E-state index in [4.69, 9.17) is 19.6 Å². The van der Waals surface area contributed by atoms with Crippen LogP contribution in [-0.2, 0) is 16.0 Å². The van der Waals surface area contributed by atoms with Crippen LogP contribution in [0.1, 0.15) is 42.1 Å². The summed E-state index contributed by atoms with van der Waals surface area (Å²) in [5.74, 6) is 0.363. The Hall–Kier alpha value is -5.06. The molecular weight excluding hydrogens is 538 g/mol. The summed E-state index contributed by atoms with van der Waals surface area (Å²) in [5.41, 5.74) is 25.1. The Morgan fingerprint density at radius 1 is 1.02 bits per heavy atom. The Morgan fingerprint density at radius 2 is 1.71 bits per heavy atom. The molecule has 1 aliphatic carbocycles. The summed E-state index contributed by atoms with van der Waals surface area (Å²) in [4.78, 5) is 25.1. The SMILES string of the molecule is [N-]=[N+]=Nc1ccccc1C[C@]1(C(=O)NNC2CC2)N=C(c2ccc(OCCCO)cc2)O[C@H]1c1ccccc1N=[N+]=[N-]. The molecule has 1 fully saturated rings. The topological polar surface area (TPSA) is 190 Å².